The highest BCUT2D eigenvalue weighted by Gasteiger charge is 2.84. The normalized spacial score (nSPS) is 52.2. The summed E-state index contributed by atoms with van der Waals surface area (Å²) in [6.07, 6.45) is 3.26. The Morgan fingerprint density at radius 2 is 2.21 bits per heavy atom. The number of rotatable bonds is 4. The van der Waals surface area contributed by atoms with Crippen molar-refractivity contribution in [1.29, 1.82) is 0 Å². The van der Waals surface area contributed by atoms with Crippen LogP contribution in [0.3, 0.4) is 0 Å². The minimum absolute atomic E-state index is 0.0649. The third kappa shape index (κ3) is 1.85. The number of fused-ring (bicyclic) bond motifs is 1. The van der Waals surface area contributed by atoms with E-state index in [-0.39, 0.29) is 41.5 Å². The molecular formula is C22H29NO6. The fourth-order valence-corrected chi connectivity index (χ4v) is 7.61. The Hall–Kier alpha value is -1.57. The molecule has 6 aliphatic heterocycles. The van der Waals surface area contributed by atoms with E-state index < -0.39 is 5.79 Å². The van der Waals surface area contributed by atoms with Crippen LogP contribution in [0, 0.1) is 17.8 Å². The monoisotopic (exact) mass is 403 g/mol. The van der Waals surface area contributed by atoms with E-state index >= 15 is 0 Å². The molecule has 5 saturated heterocycles. The number of hydrogen-bond donors (Lipinski definition) is 1. The Balaban J connectivity index is 1.46. The van der Waals surface area contributed by atoms with Crippen molar-refractivity contribution in [2.45, 2.75) is 76.0 Å². The van der Waals surface area contributed by atoms with Crippen LogP contribution in [-0.4, -0.2) is 59.2 Å². The van der Waals surface area contributed by atoms with Gasteiger partial charge in [0.1, 0.15) is 5.76 Å². The molecule has 5 bridgehead atoms. The molecule has 5 fully saturated rings. The van der Waals surface area contributed by atoms with Crippen LogP contribution in [0.25, 0.3) is 0 Å². The lowest BCUT2D eigenvalue weighted by molar-refractivity contribution is -0.256. The van der Waals surface area contributed by atoms with Gasteiger partial charge in [-0.25, -0.2) is 4.79 Å². The van der Waals surface area contributed by atoms with Gasteiger partial charge in [0, 0.05) is 17.9 Å². The van der Waals surface area contributed by atoms with Crippen molar-refractivity contribution in [2.75, 3.05) is 13.7 Å². The molecule has 0 saturated carbocycles. The highest BCUT2D eigenvalue weighted by Crippen LogP contribution is 2.73. The molecule has 0 aromatic rings. The Morgan fingerprint density at radius 1 is 1.41 bits per heavy atom. The number of cyclic esters (lactones) is 1. The first-order valence-corrected chi connectivity index (χ1v) is 10.9. The first kappa shape index (κ1) is 18.2. The molecule has 9 atom stereocenters. The van der Waals surface area contributed by atoms with Crippen LogP contribution in [0.4, 0.5) is 0 Å². The number of ether oxygens (including phenoxy) is 4. The van der Waals surface area contributed by atoms with Gasteiger partial charge in [0.25, 0.3) is 0 Å². The summed E-state index contributed by atoms with van der Waals surface area (Å²) in [4.78, 5) is 14.8. The molecule has 1 N–H and O–H groups in total. The Kier molecular flexibility index (Phi) is 3.49. The number of esters is 1. The SMILES string of the molecule is CC[C@@H](O)C[C@]12[C@@H]3C[C@H]4[C@H]5[C@H](C)/C(=C6/OC(=O)C(C)=C6OC)O[C@]5(O3)[C@H]1CCN42. The molecule has 158 valence electrons. The molecule has 29 heavy (non-hydrogen) atoms. The topological polar surface area (TPSA) is 77.5 Å². The number of piperidine rings is 1. The van der Waals surface area contributed by atoms with E-state index in [1.807, 2.05) is 6.92 Å². The summed E-state index contributed by atoms with van der Waals surface area (Å²) >= 11 is 0. The van der Waals surface area contributed by atoms with Gasteiger partial charge in [-0.1, -0.05) is 13.8 Å². The predicted octanol–water partition coefficient (Wildman–Crippen LogP) is 2.06. The largest absolute Gasteiger partial charge is 0.492 e. The first-order chi connectivity index (χ1) is 13.9. The molecule has 6 aliphatic rings. The third-order valence-corrected chi connectivity index (χ3v) is 8.63. The summed E-state index contributed by atoms with van der Waals surface area (Å²) in [5.41, 5.74) is 0.346. The van der Waals surface area contributed by atoms with Crippen LogP contribution in [0.2, 0.25) is 0 Å². The quantitative estimate of drug-likeness (QED) is 0.720. The second kappa shape index (κ2) is 5.56. The zero-order valence-corrected chi connectivity index (χ0v) is 17.4. The molecule has 0 aromatic carbocycles. The summed E-state index contributed by atoms with van der Waals surface area (Å²) < 4.78 is 24.5. The Labute approximate surface area is 170 Å². The van der Waals surface area contributed by atoms with E-state index in [9.17, 15) is 9.90 Å². The van der Waals surface area contributed by atoms with Gasteiger partial charge in [-0.15, -0.1) is 0 Å². The van der Waals surface area contributed by atoms with Crippen molar-refractivity contribution < 1.29 is 28.8 Å². The Morgan fingerprint density at radius 3 is 2.93 bits per heavy atom. The maximum absolute atomic E-state index is 12.2. The van der Waals surface area contributed by atoms with Gasteiger partial charge >= 0.3 is 5.97 Å². The van der Waals surface area contributed by atoms with Crippen molar-refractivity contribution in [3.63, 3.8) is 0 Å². The summed E-state index contributed by atoms with van der Waals surface area (Å²) in [5.74, 6) is 0.990. The van der Waals surface area contributed by atoms with Crippen molar-refractivity contribution >= 4 is 5.97 Å². The van der Waals surface area contributed by atoms with Crippen molar-refractivity contribution in [3.8, 4) is 0 Å². The lowest BCUT2D eigenvalue weighted by Crippen LogP contribution is -2.61. The van der Waals surface area contributed by atoms with Crippen LogP contribution in [0.15, 0.2) is 22.9 Å². The van der Waals surface area contributed by atoms with Gasteiger partial charge < -0.3 is 24.1 Å². The number of aliphatic hydroxyl groups is 1. The molecule has 0 aromatic heterocycles. The number of carbonyl (C=O) groups is 1. The highest BCUT2D eigenvalue weighted by molar-refractivity contribution is 5.93. The molecule has 0 amide bonds. The predicted molar refractivity (Wildman–Crippen MR) is 101 cm³/mol. The van der Waals surface area contributed by atoms with Crippen LogP contribution >= 0.6 is 0 Å². The van der Waals surface area contributed by atoms with E-state index in [0.29, 0.717) is 28.9 Å². The average molecular weight is 403 g/mol. The molecule has 1 spiro atoms. The number of aliphatic hydroxyl groups excluding tert-OH is 1. The van der Waals surface area contributed by atoms with Crippen LogP contribution in [0.1, 0.15) is 46.5 Å². The maximum Gasteiger partial charge on any atom is 0.343 e. The van der Waals surface area contributed by atoms with E-state index in [4.69, 9.17) is 18.9 Å². The molecule has 7 heteroatoms. The highest BCUT2D eigenvalue weighted by atomic mass is 16.7. The number of nitrogens with zero attached hydrogens (tertiary/aromatic N) is 1. The van der Waals surface area contributed by atoms with Crippen LogP contribution in [0.5, 0.6) is 0 Å². The third-order valence-electron chi connectivity index (χ3n) is 8.63. The van der Waals surface area contributed by atoms with Gasteiger partial charge in [0.05, 0.1) is 36.3 Å². The minimum Gasteiger partial charge on any atom is -0.492 e. The summed E-state index contributed by atoms with van der Waals surface area (Å²) in [5, 5.41) is 10.6. The number of allylic oxidation sites excluding steroid dienone is 1. The second-order valence-corrected chi connectivity index (χ2v) is 9.58. The fraction of sp³-hybridized carbons (Fsp3) is 0.773. The number of carbonyl (C=O) groups excluding carboxylic acids is 1. The fourth-order valence-electron chi connectivity index (χ4n) is 7.61. The van der Waals surface area contributed by atoms with E-state index in [2.05, 4.69) is 11.8 Å². The lowest BCUT2D eigenvalue weighted by atomic mass is 9.69. The van der Waals surface area contributed by atoms with E-state index in [0.717, 1.165) is 32.2 Å². The summed E-state index contributed by atoms with van der Waals surface area (Å²) in [7, 11) is 1.56. The number of methoxy groups -OCH3 is 1. The standard InChI is InChI=1S/C22H29NO6/c1-5-12(24)9-21-14-6-7-23(21)13-8-15(21)28-22(14)16(13)10(2)18(29-22)19-17(26-4)11(3)20(25)27-19/h10,12-16,24H,5-9H2,1-4H3/b19-18-/t10-,12+,13-,14-,15-,16+,21+,22+/m0/s1. The summed E-state index contributed by atoms with van der Waals surface area (Å²) in [6, 6.07) is 0.373. The zero-order valence-electron chi connectivity index (χ0n) is 17.4. The molecular weight excluding hydrogens is 374 g/mol. The van der Waals surface area contributed by atoms with Gasteiger partial charge in [0.2, 0.25) is 11.5 Å². The molecule has 1 unspecified atom stereocenters. The average Bonchev–Trinajstić information content (AvgIpc) is 3.40. The van der Waals surface area contributed by atoms with Crippen molar-refractivity contribution in [1.82, 2.24) is 4.90 Å². The van der Waals surface area contributed by atoms with Gasteiger partial charge in [-0.3, -0.25) is 4.90 Å². The molecule has 0 aliphatic carbocycles. The summed E-state index contributed by atoms with van der Waals surface area (Å²) in [6.45, 7) is 6.95. The van der Waals surface area contributed by atoms with Crippen LogP contribution in [-0.2, 0) is 23.7 Å². The Bertz CT molecular complexity index is 865. The zero-order chi connectivity index (χ0) is 20.3. The molecule has 0 radical (unpaired) electrons. The van der Waals surface area contributed by atoms with Crippen LogP contribution < -0.4 is 0 Å². The smallest absolute Gasteiger partial charge is 0.343 e. The second-order valence-electron chi connectivity index (χ2n) is 9.58. The minimum atomic E-state index is -0.683. The molecule has 6 heterocycles. The lowest BCUT2D eigenvalue weighted by Gasteiger charge is -2.48. The van der Waals surface area contributed by atoms with E-state index in [1.54, 1.807) is 14.0 Å². The molecule has 6 rings (SSSR count). The van der Waals surface area contributed by atoms with E-state index in [1.165, 1.54) is 0 Å². The van der Waals surface area contributed by atoms with Crippen molar-refractivity contribution in [2.24, 2.45) is 17.8 Å². The molecule has 7 nitrogen and oxygen atoms in total. The first-order valence-electron chi connectivity index (χ1n) is 10.9. The number of hydrogen-bond acceptors (Lipinski definition) is 7. The van der Waals surface area contributed by atoms with Gasteiger partial charge in [0.15, 0.2) is 5.76 Å². The van der Waals surface area contributed by atoms with Gasteiger partial charge in [-0.2, -0.15) is 0 Å². The van der Waals surface area contributed by atoms with Gasteiger partial charge in [-0.05, 0) is 39.2 Å². The maximum atomic E-state index is 12.2. The van der Waals surface area contributed by atoms with Crippen molar-refractivity contribution in [3.05, 3.63) is 22.9 Å².